The molecule has 7 heteroatoms. The van der Waals surface area contributed by atoms with E-state index in [9.17, 15) is 13.2 Å². The van der Waals surface area contributed by atoms with Crippen molar-refractivity contribution in [3.05, 3.63) is 28.8 Å². The molecule has 0 saturated carbocycles. The molecule has 0 bridgehead atoms. The summed E-state index contributed by atoms with van der Waals surface area (Å²) in [5, 5.41) is 2.93. The average molecular weight is 384 g/mol. The van der Waals surface area contributed by atoms with Crippen LogP contribution in [0.3, 0.4) is 0 Å². The Labute approximate surface area is 158 Å². The fraction of sp³-hybridized carbons (Fsp3) is 0.632. The third-order valence-electron chi connectivity index (χ3n) is 4.27. The van der Waals surface area contributed by atoms with Crippen LogP contribution in [0.15, 0.2) is 17.0 Å². The van der Waals surface area contributed by atoms with Crippen molar-refractivity contribution < 1.29 is 13.2 Å². The number of rotatable bonds is 9. The maximum absolute atomic E-state index is 12.6. The third kappa shape index (κ3) is 6.37. The molecule has 0 heterocycles. The van der Waals surface area contributed by atoms with E-state index in [0.717, 1.165) is 12.0 Å². The lowest BCUT2D eigenvalue weighted by Gasteiger charge is -2.31. The molecule has 0 radical (unpaired) electrons. The predicted molar refractivity (Wildman–Crippen MR) is 106 cm³/mol. The molecule has 148 valence electrons. The highest BCUT2D eigenvalue weighted by molar-refractivity contribution is 7.89. The Morgan fingerprint density at radius 3 is 2.19 bits per heavy atom. The van der Waals surface area contributed by atoms with Crippen LogP contribution < -0.4 is 15.8 Å². The van der Waals surface area contributed by atoms with E-state index in [-0.39, 0.29) is 23.8 Å². The fourth-order valence-electron chi connectivity index (χ4n) is 3.45. The Hall–Kier alpha value is -1.44. The summed E-state index contributed by atoms with van der Waals surface area (Å²) >= 11 is 0. The molecule has 6 nitrogen and oxygen atoms in total. The highest BCUT2D eigenvalue weighted by atomic mass is 32.2. The summed E-state index contributed by atoms with van der Waals surface area (Å²) in [7, 11) is -3.66. The molecule has 0 saturated heterocycles. The molecule has 4 N–H and O–H groups in total. The number of carbonyl (C=O) groups excluding carboxylic acids is 1. The molecule has 0 aliphatic heterocycles. The highest BCUT2D eigenvalue weighted by Crippen LogP contribution is 2.21. The van der Waals surface area contributed by atoms with Crippen LogP contribution in [0.5, 0.6) is 0 Å². The molecule has 1 rings (SSSR count). The zero-order valence-electron chi connectivity index (χ0n) is 16.8. The van der Waals surface area contributed by atoms with Gasteiger partial charge >= 0.3 is 0 Å². The summed E-state index contributed by atoms with van der Waals surface area (Å²) in [4.78, 5) is 12.5. The van der Waals surface area contributed by atoms with E-state index >= 15 is 0 Å². The van der Waals surface area contributed by atoms with Crippen LogP contribution >= 0.6 is 0 Å². The van der Waals surface area contributed by atoms with Gasteiger partial charge in [0.1, 0.15) is 0 Å². The topological polar surface area (TPSA) is 101 Å². The van der Waals surface area contributed by atoms with Crippen molar-refractivity contribution >= 4 is 15.9 Å². The molecule has 0 fully saturated rings. The quantitative estimate of drug-likeness (QED) is 0.608. The molecule has 0 aliphatic carbocycles. The van der Waals surface area contributed by atoms with Gasteiger partial charge in [0.05, 0.1) is 4.90 Å². The summed E-state index contributed by atoms with van der Waals surface area (Å²) in [6, 6.07) is 3.68. The second-order valence-corrected chi connectivity index (χ2v) is 9.49. The zero-order valence-corrected chi connectivity index (χ0v) is 17.6. The Morgan fingerprint density at radius 1 is 1.19 bits per heavy atom. The number of nitrogens with one attached hydrogen (secondary N) is 2. The number of hydrogen-bond donors (Lipinski definition) is 3. The van der Waals surface area contributed by atoms with Gasteiger partial charge in [-0.3, -0.25) is 4.79 Å². The molecular formula is C19H33N3O3S. The maximum Gasteiger partial charge on any atom is 0.241 e. The van der Waals surface area contributed by atoms with Crippen molar-refractivity contribution in [1.82, 2.24) is 10.0 Å². The van der Waals surface area contributed by atoms with Crippen molar-refractivity contribution in [3.8, 4) is 0 Å². The Balaban J connectivity index is 2.71. The van der Waals surface area contributed by atoms with Crippen molar-refractivity contribution in [1.29, 1.82) is 0 Å². The van der Waals surface area contributed by atoms with Crippen LogP contribution in [0.4, 0.5) is 0 Å². The number of carbonyl (C=O) groups is 1. The zero-order chi connectivity index (χ0) is 20.1. The van der Waals surface area contributed by atoms with E-state index in [1.54, 1.807) is 13.8 Å². The van der Waals surface area contributed by atoms with E-state index in [1.807, 2.05) is 26.0 Å². The monoisotopic (exact) mass is 383 g/mol. The van der Waals surface area contributed by atoms with Gasteiger partial charge in [-0.25, -0.2) is 13.1 Å². The lowest BCUT2D eigenvalue weighted by molar-refractivity contribution is -0.122. The van der Waals surface area contributed by atoms with E-state index < -0.39 is 15.6 Å². The first kappa shape index (κ1) is 22.6. The summed E-state index contributed by atoms with van der Waals surface area (Å²) in [5.74, 6) is 0.188. The number of benzene rings is 1. The molecule has 0 aromatic heterocycles. The summed E-state index contributed by atoms with van der Waals surface area (Å²) in [6.45, 7) is 11.9. The normalized spacial score (nSPS) is 14.3. The van der Waals surface area contributed by atoms with E-state index in [2.05, 4.69) is 23.9 Å². The van der Waals surface area contributed by atoms with Crippen molar-refractivity contribution in [2.45, 2.75) is 64.8 Å². The van der Waals surface area contributed by atoms with Gasteiger partial charge in [0.25, 0.3) is 0 Å². The van der Waals surface area contributed by atoms with Crippen LogP contribution in [0.2, 0.25) is 0 Å². The number of hydrogen-bond acceptors (Lipinski definition) is 4. The van der Waals surface area contributed by atoms with Crippen LogP contribution in [0.1, 0.15) is 50.3 Å². The second kappa shape index (κ2) is 8.97. The molecule has 1 amide bonds. The Morgan fingerprint density at radius 2 is 1.73 bits per heavy atom. The van der Waals surface area contributed by atoms with Gasteiger partial charge in [-0.05, 0) is 51.2 Å². The Kier molecular flexibility index (Phi) is 7.80. The van der Waals surface area contributed by atoms with E-state index in [4.69, 9.17) is 5.73 Å². The number of aryl methyl sites for hydroxylation is 3. The highest BCUT2D eigenvalue weighted by Gasteiger charge is 2.26. The van der Waals surface area contributed by atoms with Crippen molar-refractivity contribution in [2.75, 3.05) is 13.1 Å². The third-order valence-corrected chi connectivity index (χ3v) is 6.03. The van der Waals surface area contributed by atoms with E-state index in [1.165, 1.54) is 0 Å². The summed E-state index contributed by atoms with van der Waals surface area (Å²) in [6.07, 6.45) is 0.833. The predicted octanol–water partition coefficient (Wildman–Crippen LogP) is 2.16. The maximum atomic E-state index is 12.6. The molecule has 1 aromatic carbocycles. The molecule has 0 aliphatic rings. The van der Waals surface area contributed by atoms with Gasteiger partial charge < -0.3 is 11.1 Å². The molecule has 1 aromatic rings. The van der Waals surface area contributed by atoms with Crippen LogP contribution in [0, 0.1) is 26.7 Å². The van der Waals surface area contributed by atoms with Gasteiger partial charge in [-0.1, -0.05) is 31.5 Å². The first-order valence-corrected chi connectivity index (χ1v) is 10.5. The van der Waals surface area contributed by atoms with E-state index in [0.29, 0.717) is 23.6 Å². The van der Waals surface area contributed by atoms with Crippen LogP contribution in [-0.4, -0.2) is 33.0 Å². The minimum Gasteiger partial charge on any atom is -0.350 e. The lowest BCUT2D eigenvalue weighted by Crippen LogP contribution is -2.52. The lowest BCUT2D eigenvalue weighted by atomic mass is 9.90. The fourth-order valence-corrected chi connectivity index (χ4v) is 4.93. The SMILES string of the molecule is Cc1cc(C)c(S(=O)(=O)NCCC(=O)NC(C)(CN)CC(C)C)c(C)c1. The summed E-state index contributed by atoms with van der Waals surface area (Å²) < 4.78 is 27.7. The molecule has 26 heavy (non-hydrogen) atoms. The van der Waals surface area contributed by atoms with Gasteiger partial charge in [-0.2, -0.15) is 0 Å². The van der Waals surface area contributed by atoms with Crippen molar-refractivity contribution in [3.63, 3.8) is 0 Å². The molecular weight excluding hydrogens is 350 g/mol. The van der Waals surface area contributed by atoms with Crippen LogP contribution in [-0.2, 0) is 14.8 Å². The van der Waals surface area contributed by atoms with Crippen molar-refractivity contribution in [2.24, 2.45) is 11.7 Å². The van der Waals surface area contributed by atoms with Gasteiger partial charge in [-0.15, -0.1) is 0 Å². The van der Waals surface area contributed by atoms with Gasteiger partial charge in [0.15, 0.2) is 0 Å². The Bertz CT molecular complexity index is 721. The molecule has 1 unspecified atom stereocenters. The molecule has 0 spiro atoms. The standard InChI is InChI=1S/C19H33N3O3S/c1-13(2)11-19(6,12-20)22-17(23)7-8-21-26(24,25)18-15(4)9-14(3)10-16(18)5/h9-10,13,21H,7-8,11-12,20H2,1-6H3,(H,22,23). The minimum atomic E-state index is -3.66. The molecule has 1 atom stereocenters. The van der Waals surface area contributed by atoms with Gasteiger partial charge in [0, 0.05) is 25.0 Å². The number of nitrogens with two attached hydrogens (primary N) is 1. The second-order valence-electron chi connectivity index (χ2n) is 7.79. The minimum absolute atomic E-state index is 0.0449. The first-order chi connectivity index (χ1) is 11.9. The average Bonchev–Trinajstić information content (AvgIpc) is 2.44. The smallest absolute Gasteiger partial charge is 0.241 e. The first-order valence-electron chi connectivity index (χ1n) is 8.99. The van der Waals surface area contributed by atoms with Gasteiger partial charge in [0.2, 0.25) is 15.9 Å². The largest absolute Gasteiger partial charge is 0.350 e. The number of amides is 1. The summed E-state index contributed by atoms with van der Waals surface area (Å²) in [5.41, 5.74) is 7.74. The number of sulfonamides is 1. The van der Waals surface area contributed by atoms with Crippen LogP contribution in [0.25, 0.3) is 0 Å².